The number of carbonyl (C=O) groups is 1. The van der Waals surface area contributed by atoms with Crippen molar-refractivity contribution in [1.29, 1.82) is 5.41 Å². The number of nitrogens with one attached hydrogen (secondary N) is 4. The second kappa shape index (κ2) is 12.6. The Morgan fingerprint density at radius 1 is 0.879 bits per heavy atom. The summed E-state index contributed by atoms with van der Waals surface area (Å²) in [6.45, 7) is 12.4. The van der Waals surface area contributed by atoms with E-state index in [0.29, 0.717) is 6.54 Å². The zero-order chi connectivity index (χ0) is 24.3. The number of aryl methyl sites for hydroxylation is 1. The fourth-order valence-electron chi connectivity index (χ4n) is 3.61. The molecular weight excluding hydrogens is 408 g/mol. The molecule has 0 aliphatic heterocycles. The maximum absolute atomic E-state index is 8.00. The van der Waals surface area contributed by atoms with Gasteiger partial charge < -0.3 is 20.9 Å². The fourth-order valence-corrected chi connectivity index (χ4v) is 3.61. The van der Waals surface area contributed by atoms with Gasteiger partial charge in [0.25, 0.3) is 0 Å². The van der Waals surface area contributed by atoms with Gasteiger partial charge in [-0.25, -0.2) is 5.43 Å². The Bertz CT molecular complexity index is 1030. The summed E-state index contributed by atoms with van der Waals surface area (Å²) in [6.07, 6.45) is 2.40. The Morgan fingerprint density at radius 2 is 1.58 bits per heavy atom. The fraction of sp³-hybridized carbons (Fsp3) is 0.286. The van der Waals surface area contributed by atoms with E-state index in [0.717, 1.165) is 29.9 Å². The standard InChI is InChI=1S/C27H34N4.CH2O/c1-5-21-16-23(27(2,3)4)15-14-22(21)19-30-31-26-13-9-12-25(24(26)17-28)29-18-20-10-7-6-8-11-20;1-2/h6-17,28-31H,5,18-19H2,1-4H3;1H2. The van der Waals surface area contributed by atoms with E-state index in [2.05, 4.69) is 74.2 Å². The van der Waals surface area contributed by atoms with Gasteiger partial charge in [0.2, 0.25) is 0 Å². The van der Waals surface area contributed by atoms with Crippen molar-refractivity contribution in [2.24, 2.45) is 0 Å². The van der Waals surface area contributed by atoms with E-state index in [1.807, 2.05) is 43.2 Å². The molecule has 0 amide bonds. The van der Waals surface area contributed by atoms with Gasteiger partial charge in [-0.3, -0.25) is 0 Å². The summed E-state index contributed by atoms with van der Waals surface area (Å²) in [5.74, 6) is 0. The van der Waals surface area contributed by atoms with Crippen LogP contribution in [-0.4, -0.2) is 13.0 Å². The summed E-state index contributed by atoms with van der Waals surface area (Å²) in [5.41, 5.74) is 14.7. The zero-order valence-electron chi connectivity index (χ0n) is 20.2. The third-order valence-corrected chi connectivity index (χ3v) is 5.53. The van der Waals surface area contributed by atoms with Crippen LogP contribution in [0.2, 0.25) is 0 Å². The smallest absolute Gasteiger partial charge is 0.106 e. The highest BCUT2D eigenvalue weighted by atomic mass is 16.1. The van der Waals surface area contributed by atoms with E-state index in [4.69, 9.17) is 10.2 Å². The normalized spacial score (nSPS) is 10.7. The lowest BCUT2D eigenvalue weighted by atomic mass is 9.85. The molecule has 0 fully saturated rings. The van der Waals surface area contributed by atoms with E-state index >= 15 is 0 Å². The van der Waals surface area contributed by atoms with Crippen LogP contribution in [0.25, 0.3) is 0 Å². The number of hydrazine groups is 1. The average molecular weight is 445 g/mol. The molecule has 0 bridgehead atoms. The summed E-state index contributed by atoms with van der Waals surface area (Å²) in [4.78, 5) is 8.00. The molecule has 0 aromatic heterocycles. The Labute approximate surface area is 198 Å². The van der Waals surface area contributed by atoms with E-state index in [1.165, 1.54) is 28.5 Å². The average Bonchev–Trinajstić information content (AvgIpc) is 2.84. The maximum Gasteiger partial charge on any atom is 0.106 e. The molecule has 0 aliphatic rings. The Kier molecular flexibility index (Phi) is 9.83. The number of carbonyl (C=O) groups excluding carboxylic acids is 1. The molecule has 3 rings (SSSR count). The number of rotatable bonds is 9. The summed E-state index contributed by atoms with van der Waals surface area (Å²) in [7, 11) is 0. The van der Waals surface area contributed by atoms with Crippen LogP contribution >= 0.6 is 0 Å². The van der Waals surface area contributed by atoms with Crippen LogP contribution in [0.3, 0.4) is 0 Å². The highest BCUT2D eigenvalue weighted by molar-refractivity contribution is 5.93. The molecule has 3 aromatic carbocycles. The van der Waals surface area contributed by atoms with Gasteiger partial charge in [0.05, 0.1) is 5.69 Å². The third-order valence-electron chi connectivity index (χ3n) is 5.53. The lowest BCUT2D eigenvalue weighted by molar-refractivity contribution is -0.0979. The monoisotopic (exact) mass is 444 g/mol. The Morgan fingerprint density at radius 3 is 2.21 bits per heavy atom. The molecule has 0 radical (unpaired) electrons. The molecule has 33 heavy (non-hydrogen) atoms. The van der Waals surface area contributed by atoms with Gasteiger partial charge in [0.1, 0.15) is 6.79 Å². The molecule has 5 nitrogen and oxygen atoms in total. The second-order valence-corrected chi connectivity index (χ2v) is 8.82. The third kappa shape index (κ3) is 7.29. The molecule has 5 heteroatoms. The predicted molar refractivity (Wildman–Crippen MR) is 140 cm³/mol. The first-order chi connectivity index (χ1) is 15.9. The number of anilines is 2. The molecular formula is C28H36N4O. The second-order valence-electron chi connectivity index (χ2n) is 8.82. The van der Waals surface area contributed by atoms with Crippen LogP contribution in [0, 0.1) is 5.41 Å². The van der Waals surface area contributed by atoms with Crippen LogP contribution in [0.4, 0.5) is 11.4 Å². The molecule has 174 valence electrons. The van der Waals surface area contributed by atoms with Crippen molar-refractivity contribution in [2.75, 3.05) is 10.7 Å². The van der Waals surface area contributed by atoms with Gasteiger partial charge in [-0.15, -0.1) is 0 Å². The lowest BCUT2D eigenvalue weighted by Crippen LogP contribution is -2.23. The first kappa shape index (κ1) is 25.8. The van der Waals surface area contributed by atoms with Gasteiger partial charge in [0.15, 0.2) is 0 Å². The largest absolute Gasteiger partial charge is 0.380 e. The highest BCUT2D eigenvalue weighted by Crippen LogP contribution is 2.26. The van der Waals surface area contributed by atoms with Crippen LogP contribution in [0.5, 0.6) is 0 Å². The van der Waals surface area contributed by atoms with Crippen LogP contribution in [-0.2, 0) is 29.7 Å². The van der Waals surface area contributed by atoms with E-state index < -0.39 is 0 Å². The lowest BCUT2D eigenvalue weighted by Gasteiger charge is -2.21. The quantitative estimate of drug-likeness (QED) is 0.238. The van der Waals surface area contributed by atoms with E-state index in [1.54, 1.807) is 0 Å². The Hall–Kier alpha value is -3.44. The molecule has 0 saturated heterocycles. The number of benzene rings is 3. The summed E-state index contributed by atoms with van der Waals surface area (Å²) >= 11 is 0. The van der Waals surface area contributed by atoms with Crippen molar-refractivity contribution in [1.82, 2.24) is 5.43 Å². The minimum absolute atomic E-state index is 0.153. The molecule has 3 aromatic rings. The van der Waals surface area contributed by atoms with E-state index in [-0.39, 0.29) is 5.41 Å². The minimum Gasteiger partial charge on any atom is -0.380 e. The van der Waals surface area contributed by atoms with Gasteiger partial charge in [0, 0.05) is 30.6 Å². The Balaban J connectivity index is 0.00000187. The van der Waals surface area contributed by atoms with Crippen molar-refractivity contribution in [3.63, 3.8) is 0 Å². The first-order valence-electron chi connectivity index (χ1n) is 11.2. The van der Waals surface area contributed by atoms with E-state index in [9.17, 15) is 0 Å². The van der Waals surface area contributed by atoms with Crippen molar-refractivity contribution >= 4 is 24.4 Å². The summed E-state index contributed by atoms with van der Waals surface area (Å²) in [5, 5.41) is 11.4. The van der Waals surface area contributed by atoms with Gasteiger partial charge in [-0.2, -0.15) is 0 Å². The molecule has 0 aliphatic carbocycles. The zero-order valence-corrected chi connectivity index (χ0v) is 20.2. The van der Waals surface area contributed by atoms with Crippen molar-refractivity contribution in [3.05, 3.63) is 94.5 Å². The topological polar surface area (TPSA) is 77.0 Å². The number of hydrogen-bond donors (Lipinski definition) is 4. The summed E-state index contributed by atoms with van der Waals surface area (Å²) < 4.78 is 0. The van der Waals surface area contributed by atoms with Crippen molar-refractivity contribution in [2.45, 2.75) is 52.6 Å². The van der Waals surface area contributed by atoms with Crippen molar-refractivity contribution in [3.8, 4) is 0 Å². The first-order valence-corrected chi connectivity index (χ1v) is 11.2. The molecule has 4 N–H and O–H groups in total. The summed E-state index contributed by atoms with van der Waals surface area (Å²) in [6, 6.07) is 23.1. The van der Waals surface area contributed by atoms with Gasteiger partial charge in [-0.1, -0.05) is 82.3 Å². The molecule has 0 unspecified atom stereocenters. The van der Waals surface area contributed by atoms with Gasteiger partial charge in [-0.05, 0) is 46.2 Å². The highest BCUT2D eigenvalue weighted by Gasteiger charge is 2.15. The molecule has 0 spiro atoms. The maximum atomic E-state index is 8.00. The predicted octanol–water partition coefficient (Wildman–Crippen LogP) is 6.09. The number of hydrogen-bond acceptors (Lipinski definition) is 5. The van der Waals surface area contributed by atoms with Crippen molar-refractivity contribution < 1.29 is 4.79 Å². The molecule has 0 atom stereocenters. The van der Waals surface area contributed by atoms with Crippen LogP contribution < -0.4 is 16.2 Å². The van der Waals surface area contributed by atoms with Crippen LogP contribution in [0.15, 0.2) is 66.7 Å². The molecule has 0 saturated carbocycles. The molecule has 0 heterocycles. The minimum atomic E-state index is 0.153. The SMILES string of the molecule is C=O.CCc1cc(C(C)(C)C)ccc1CNNc1cccc(NCc2ccccc2)c1C=N. The van der Waals surface area contributed by atoms with Gasteiger partial charge >= 0.3 is 0 Å². The van der Waals surface area contributed by atoms with Crippen LogP contribution in [0.1, 0.15) is 55.5 Å².